The van der Waals surface area contributed by atoms with Crippen LogP contribution in [-0.2, 0) is 6.54 Å². The Morgan fingerprint density at radius 3 is 2.65 bits per heavy atom. The largest absolute Gasteiger partial charge is 0.308 e. The van der Waals surface area contributed by atoms with Gasteiger partial charge in [-0.15, -0.1) is 0 Å². The lowest BCUT2D eigenvalue weighted by Crippen LogP contribution is -2.35. The summed E-state index contributed by atoms with van der Waals surface area (Å²) in [6, 6.07) is 11.9. The van der Waals surface area contributed by atoms with Crippen LogP contribution in [0.1, 0.15) is 26.3 Å². The zero-order chi connectivity index (χ0) is 14.6. The van der Waals surface area contributed by atoms with E-state index < -0.39 is 0 Å². The fraction of sp³-hybridized carbons (Fsp3) is 0.312. The zero-order valence-corrected chi connectivity index (χ0v) is 13.6. The van der Waals surface area contributed by atoms with Crippen molar-refractivity contribution in [1.82, 2.24) is 10.3 Å². The molecule has 0 fully saturated rings. The summed E-state index contributed by atoms with van der Waals surface area (Å²) in [5.74, 6) is 0. The predicted molar refractivity (Wildman–Crippen MR) is 86.4 cm³/mol. The SMILES string of the molecule is CC(C)(C)NCc1ccc(Cl)cc1Sc1ccccn1. The molecule has 106 valence electrons. The molecular formula is C16H19ClN2S. The number of pyridine rings is 1. The van der Waals surface area contributed by atoms with Gasteiger partial charge in [0.15, 0.2) is 0 Å². The summed E-state index contributed by atoms with van der Waals surface area (Å²) >= 11 is 7.76. The van der Waals surface area contributed by atoms with E-state index in [9.17, 15) is 0 Å². The van der Waals surface area contributed by atoms with E-state index >= 15 is 0 Å². The van der Waals surface area contributed by atoms with Crippen LogP contribution in [0.3, 0.4) is 0 Å². The molecule has 0 spiro atoms. The van der Waals surface area contributed by atoms with Crippen LogP contribution in [0.25, 0.3) is 0 Å². The number of aromatic nitrogens is 1. The van der Waals surface area contributed by atoms with Gasteiger partial charge in [-0.05, 0) is 50.6 Å². The smallest absolute Gasteiger partial charge is 0.101 e. The second kappa shape index (κ2) is 6.61. The van der Waals surface area contributed by atoms with Crippen LogP contribution in [0.5, 0.6) is 0 Å². The fourth-order valence-corrected chi connectivity index (χ4v) is 2.83. The minimum absolute atomic E-state index is 0.0899. The predicted octanol–water partition coefficient (Wildman–Crippen LogP) is 4.77. The quantitative estimate of drug-likeness (QED) is 0.880. The molecule has 0 bridgehead atoms. The Bertz CT molecular complexity index is 564. The maximum atomic E-state index is 6.12. The number of nitrogens with one attached hydrogen (secondary N) is 1. The number of rotatable bonds is 4. The Kier molecular flexibility index (Phi) is 5.08. The summed E-state index contributed by atoms with van der Waals surface area (Å²) in [5.41, 5.74) is 1.33. The van der Waals surface area contributed by atoms with Crippen molar-refractivity contribution >= 4 is 23.4 Å². The average Bonchev–Trinajstić information content (AvgIpc) is 2.38. The van der Waals surface area contributed by atoms with Crippen LogP contribution in [-0.4, -0.2) is 10.5 Å². The van der Waals surface area contributed by atoms with Crippen LogP contribution in [0.2, 0.25) is 5.02 Å². The number of hydrogen-bond donors (Lipinski definition) is 1. The molecule has 20 heavy (non-hydrogen) atoms. The average molecular weight is 307 g/mol. The van der Waals surface area contributed by atoms with Crippen LogP contribution < -0.4 is 5.32 Å². The lowest BCUT2D eigenvalue weighted by molar-refractivity contribution is 0.422. The second-order valence-corrected chi connectivity index (χ2v) is 7.12. The number of benzene rings is 1. The molecule has 0 amide bonds. The van der Waals surface area contributed by atoms with E-state index in [1.54, 1.807) is 18.0 Å². The summed E-state index contributed by atoms with van der Waals surface area (Å²) < 4.78 is 0. The molecule has 1 heterocycles. The molecule has 0 aliphatic heterocycles. The van der Waals surface area contributed by atoms with Crippen molar-refractivity contribution in [2.24, 2.45) is 0 Å². The minimum atomic E-state index is 0.0899. The van der Waals surface area contributed by atoms with Gasteiger partial charge in [0.1, 0.15) is 5.03 Å². The van der Waals surface area contributed by atoms with E-state index in [-0.39, 0.29) is 5.54 Å². The van der Waals surface area contributed by atoms with Gasteiger partial charge in [-0.1, -0.05) is 35.5 Å². The van der Waals surface area contributed by atoms with E-state index in [2.05, 4.69) is 37.1 Å². The Labute approximate surface area is 130 Å². The van der Waals surface area contributed by atoms with Gasteiger partial charge in [-0.2, -0.15) is 0 Å². The van der Waals surface area contributed by atoms with E-state index in [1.807, 2.05) is 30.3 Å². The molecule has 0 radical (unpaired) electrons. The molecule has 2 nitrogen and oxygen atoms in total. The second-order valence-electron chi connectivity index (χ2n) is 5.63. The summed E-state index contributed by atoms with van der Waals surface area (Å²) in [5, 5.41) is 5.24. The van der Waals surface area contributed by atoms with Crippen molar-refractivity contribution in [2.45, 2.75) is 42.8 Å². The molecule has 0 saturated heterocycles. The Balaban J connectivity index is 2.20. The highest BCUT2D eigenvalue weighted by Gasteiger charge is 2.11. The molecule has 1 aromatic heterocycles. The van der Waals surface area contributed by atoms with Crippen LogP contribution in [0, 0.1) is 0 Å². The molecule has 1 aromatic carbocycles. The third kappa shape index (κ3) is 4.82. The summed E-state index contributed by atoms with van der Waals surface area (Å²) in [7, 11) is 0. The maximum Gasteiger partial charge on any atom is 0.101 e. The third-order valence-electron chi connectivity index (χ3n) is 2.69. The van der Waals surface area contributed by atoms with E-state index in [1.165, 1.54) is 5.56 Å². The monoisotopic (exact) mass is 306 g/mol. The molecule has 0 unspecified atom stereocenters. The molecule has 1 N–H and O–H groups in total. The number of halogens is 1. The van der Waals surface area contributed by atoms with Crippen LogP contribution in [0.4, 0.5) is 0 Å². The van der Waals surface area contributed by atoms with Crippen molar-refractivity contribution in [2.75, 3.05) is 0 Å². The van der Waals surface area contributed by atoms with Crippen molar-refractivity contribution in [3.63, 3.8) is 0 Å². The topological polar surface area (TPSA) is 24.9 Å². The first-order chi connectivity index (χ1) is 9.44. The Hall–Kier alpha value is -1.03. The molecule has 4 heteroatoms. The van der Waals surface area contributed by atoms with Gasteiger partial charge in [0.25, 0.3) is 0 Å². The standard InChI is InChI=1S/C16H19ClN2S/c1-16(2,3)19-11-12-7-8-13(17)10-14(12)20-15-6-4-5-9-18-15/h4-10,19H,11H2,1-3H3. The first-order valence-corrected chi connectivity index (χ1v) is 7.76. The molecule has 2 rings (SSSR count). The van der Waals surface area contributed by atoms with Crippen molar-refractivity contribution in [3.05, 3.63) is 53.2 Å². The van der Waals surface area contributed by atoms with Crippen molar-refractivity contribution in [3.8, 4) is 0 Å². The van der Waals surface area contributed by atoms with Gasteiger partial charge in [-0.3, -0.25) is 0 Å². The molecule has 2 aromatic rings. The van der Waals surface area contributed by atoms with Crippen LogP contribution >= 0.6 is 23.4 Å². The van der Waals surface area contributed by atoms with E-state index in [0.717, 1.165) is 21.5 Å². The molecular weight excluding hydrogens is 288 g/mol. The Morgan fingerprint density at radius 2 is 2.00 bits per heavy atom. The summed E-state index contributed by atoms with van der Waals surface area (Å²) in [4.78, 5) is 5.50. The van der Waals surface area contributed by atoms with Gasteiger partial charge in [0, 0.05) is 28.2 Å². The molecule has 0 aliphatic carbocycles. The Morgan fingerprint density at radius 1 is 1.20 bits per heavy atom. The summed E-state index contributed by atoms with van der Waals surface area (Å²) in [6.07, 6.45) is 1.81. The van der Waals surface area contributed by atoms with Gasteiger partial charge >= 0.3 is 0 Å². The zero-order valence-electron chi connectivity index (χ0n) is 12.0. The normalized spacial score (nSPS) is 11.6. The lowest BCUT2D eigenvalue weighted by Gasteiger charge is -2.21. The number of nitrogens with zero attached hydrogens (tertiary/aromatic N) is 1. The first-order valence-electron chi connectivity index (χ1n) is 6.56. The highest BCUT2D eigenvalue weighted by atomic mass is 35.5. The van der Waals surface area contributed by atoms with Gasteiger partial charge in [-0.25, -0.2) is 4.98 Å². The van der Waals surface area contributed by atoms with Gasteiger partial charge < -0.3 is 5.32 Å². The molecule has 0 saturated carbocycles. The highest BCUT2D eigenvalue weighted by Crippen LogP contribution is 2.31. The highest BCUT2D eigenvalue weighted by molar-refractivity contribution is 7.99. The first kappa shape index (κ1) is 15.4. The third-order valence-corrected chi connectivity index (χ3v) is 3.98. The lowest BCUT2D eigenvalue weighted by atomic mass is 10.1. The number of hydrogen-bond acceptors (Lipinski definition) is 3. The van der Waals surface area contributed by atoms with E-state index in [0.29, 0.717) is 0 Å². The van der Waals surface area contributed by atoms with Crippen molar-refractivity contribution < 1.29 is 0 Å². The van der Waals surface area contributed by atoms with Gasteiger partial charge in [0.05, 0.1) is 0 Å². The van der Waals surface area contributed by atoms with Crippen LogP contribution in [0.15, 0.2) is 52.5 Å². The van der Waals surface area contributed by atoms with Gasteiger partial charge in [0.2, 0.25) is 0 Å². The van der Waals surface area contributed by atoms with E-state index in [4.69, 9.17) is 11.6 Å². The van der Waals surface area contributed by atoms with Crippen molar-refractivity contribution in [1.29, 1.82) is 0 Å². The summed E-state index contributed by atoms with van der Waals surface area (Å²) in [6.45, 7) is 7.30. The maximum absolute atomic E-state index is 6.12. The minimum Gasteiger partial charge on any atom is -0.308 e. The molecule has 0 aliphatic rings. The molecule has 0 atom stereocenters. The fourth-order valence-electron chi connectivity index (χ4n) is 1.65.